The highest BCUT2D eigenvalue weighted by Gasteiger charge is 2.56. The summed E-state index contributed by atoms with van der Waals surface area (Å²) in [6.45, 7) is 2.10. The van der Waals surface area contributed by atoms with Crippen LogP contribution in [0.2, 0.25) is 0 Å². The lowest BCUT2D eigenvalue weighted by atomic mass is 10.4. The van der Waals surface area contributed by atoms with Gasteiger partial charge in [0.25, 0.3) is 0 Å². The van der Waals surface area contributed by atoms with E-state index in [2.05, 4.69) is 4.72 Å². The molecule has 3 atom stereocenters. The maximum absolute atomic E-state index is 11.7. The van der Waals surface area contributed by atoms with Crippen LogP contribution in [0, 0.1) is 11.8 Å². The first-order valence-corrected chi connectivity index (χ1v) is 6.40. The molecule has 0 bridgehead atoms. The molecule has 5 nitrogen and oxygen atoms in total. The number of hydrogen-bond donors (Lipinski definition) is 1. The van der Waals surface area contributed by atoms with Gasteiger partial charge in [0.1, 0.15) is 5.25 Å². The van der Waals surface area contributed by atoms with Crippen molar-refractivity contribution in [3.63, 3.8) is 0 Å². The van der Waals surface area contributed by atoms with Crippen LogP contribution in [0.5, 0.6) is 0 Å². The molecule has 2 saturated heterocycles. The zero-order valence-corrected chi connectivity index (χ0v) is 8.50. The van der Waals surface area contributed by atoms with Crippen LogP contribution in [0.1, 0.15) is 0 Å². The molecule has 0 radical (unpaired) electrons. The summed E-state index contributed by atoms with van der Waals surface area (Å²) >= 11 is 0. The van der Waals surface area contributed by atoms with E-state index in [-0.39, 0.29) is 11.3 Å². The fourth-order valence-electron chi connectivity index (χ4n) is 2.09. The van der Waals surface area contributed by atoms with Gasteiger partial charge in [-0.2, -0.15) is 0 Å². The topological polar surface area (TPSA) is 64.6 Å². The molecule has 0 aromatic carbocycles. The van der Waals surface area contributed by atoms with E-state index >= 15 is 0 Å². The van der Waals surface area contributed by atoms with Gasteiger partial charge in [-0.3, -0.25) is 0 Å². The highest BCUT2D eigenvalue weighted by atomic mass is 32.2. The van der Waals surface area contributed by atoms with Crippen LogP contribution in [-0.4, -0.2) is 46.1 Å². The number of ether oxygens (including phenoxy) is 2. The van der Waals surface area contributed by atoms with Crippen LogP contribution < -0.4 is 4.72 Å². The van der Waals surface area contributed by atoms with E-state index in [9.17, 15) is 8.42 Å². The molecule has 2 aliphatic heterocycles. The molecule has 0 aromatic rings. The number of nitrogens with one attached hydrogen (secondary N) is 1. The number of rotatable bonds is 3. The molecule has 14 heavy (non-hydrogen) atoms. The van der Waals surface area contributed by atoms with E-state index in [1.54, 1.807) is 0 Å². The quantitative estimate of drug-likeness (QED) is 0.658. The SMILES string of the molecule is O=S(=O)(NC1[C@H]2COC[C@@H]12)C1COC1. The first kappa shape index (κ1) is 9.08. The molecule has 3 rings (SSSR count). The molecular weight excluding hydrogens is 206 g/mol. The molecule has 1 N–H and O–H groups in total. The Morgan fingerprint density at radius 1 is 1.00 bits per heavy atom. The minimum absolute atomic E-state index is 0.134. The summed E-state index contributed by atoms with van der Waals surface area (Å²) < 4.78 is 36.1. The molecule has 1 aliphatic carbocycles. The fourth-order valence-corrected chi connectivity index (χ4v) is 3.57. The van der Waals surface area contributed by atoms with E-state index in [1.165, 1.54) is 0 Å². The summed E-state index contributed by atoms with van der Waals surface area (Å²) in [7, 11) is -3.13. The molecule has 3 fully saturated rings. The van der Waals surface area contributed by atoms with E-state index in [4.69, 9.17) is 9.47 Å². The Hall–Kier alpha value is -0.170. The number of sulfonamides is 1. The average molecular weight is 219 g/mol. The monoisotopic (exact) mass is 219 g/mol. The van der Waals surface area contributed by atoms with Gasteiger partial charge in [-0.1, -0.05) is 0 Å². The highest BCUT2D eigenvalue weighted by molar-refractivity contribution is 7.90. The Morgan fingerprint density at radius 3 is 2.07 bits per heavy atom. The molecule has 0 amide bonds. The minimum Gasteiger partial charge on any atom is -0.381 e. The Bertz CT molecular complexity index is 327. The molecule has 0 aromatic heterocycles. The normalized spacial score (nSPS) is 41.9. The standard InChI is InChI=1S/C8H13NO4S/c10-14(11,5-1-12-2-5)9-8-6-3-13-4-7(6)8/h5-9H,1-4H2/t6-,7+,8?. The van der Waals surface area contributed by atoms with Gasteiger partial charge < -0.3 is 9.47 Å². The summed E-state index contributed by atoms with van der Waals surface area (Å²) in [4.78, 5) is 0. The van der Waals surface area contributed by atoms with Crippen molar-refractivity contribution in [3.8, 4) is 0 Å². The Balaban J connectivity index is 1.62. The largest absolute Gasteiger partial charge is 0.381 e. The Labute approximate surface area is 82.8 Å². The molecule has 0 spiro atoms. The van der Waals surface area contributed by atoms with Gasteiger partial charge in [-0.05, 0) is 0 Å². The van der Waals surface area contributed by atoms with Crippen molar-refractivity contribution >= 4 is 10.0 Å². The summed E-state index contributed by atoms with van der Waals surface area (Å²) in [5.74, 6) is 0.844. The average Bonchev–Trinajstić information content (AvgIpc) is 2.50. The predicted octanol–water partition coefficient (Wildman–Crippen LogP) is -1.05. The van der Waals surface area contributed by atoms with Crippen molar-refractivity contribution in [1.29, 1.82) is 0 Å². The second-order valence-electron chi connectivity index (χ2n) is 4.21. The van der Waals surface area contributed by atoms with Gasteiger partial charge in [-0.15, -0.1) is 0 Å². The van der Waals surface area contributed by atoms with E-state index in [0.29, 0.717) is 38.3 Å². The summed E-state index contributed by atoms with van der Waals surface area (Å²) in [6.07, 6.45) is 0. The van der Waals surface area contributed by atoms with Gasteiger partial charge in [0, 0.05) is 17.9 Å². The third-order valence-electron chi connectivity index (χ3n) is 3.30. The molecule has 1 unspecified atom stereocenters. The molecule has 3 aliphatic rings. The Morgan fingerprint density at radius 2 is 1.57 bits per heavy atom. The van der Waals surface area contributed by atoms with Crippen molar-refractivity contribution in [2.45, 2.75) is 11.3 Å². The molecular formula is C8H13NO4S. The lowest BCUT2D eigenvalue weighted by Crippen LogP contribution is -2.48. The fraction of sp³-hybridized carbons (Fsp3) is 1.00. The maximum atomic E-state index is 11.7. The molecule has 80 valence electrons. The van der Waals surface area contributed by atoms with Crippen molar-refractivity contribution in [3.05, 3.63) is 0 Å². The van der Waals surface area contributed by atoms with Gasteiger partial charge in [0.05, 0.1) is 26.4 Å². The van der Waals surface area contributed by atoms with E-state index in [1.807, 2.05) is 0 Å². The van der Waals surface area contributed by atoms with Crippen LogP contribution in [0.15, 0.2) is 0 Å². The zero-order valence-electron chi connectivity index (χ0n) is 7.68. The van der Waals surface area contributed by atoms with Crippen molar-refractivity contribution in [2.24, 2.45) is 11.8 Å². The maximum Gasteiger partial charge on any atom is 0.219 e. The summed E-state index contributed by atoms with van der Waals surface area (Å²) in [5.41, 5.74) is 0. The van der Waals surface area contributed by atoms with E-state index < -0.39 is 10.0 Å². The van der Waals surface area contributed by atoms with Crippen LogP contribution in [0.4, 0.5) is 0 Å². The third-order valence-corrected chi connectivity index (χ3v) is 5.05. The van der Waals surface area contributed by atoms with Gasteiger partial charge in [-0.25, -0.2) is 13.1 Å². The predicted molar refractivity (Wildman–Crippen MR) is 48.2 cm³/mol. The second-order valence-corrected chi connectivity index (χ2v) is 6.21. The lowest BCUT2D eigenvalue weighted by molar-refractivity contribution is 0.0410. The molecule has 2 heterocycles. The highest BCUT2D eigenvalue weighted by Crippen LogP contribution is 2.44. The number of hydrogen-bond acceptors (Lipinski definition) is 4. The summed E-state index contributed by atoms with van der Waals surface area (Å²) in [5, 5.41) is -0.329. The summed E-state index contributed by atoms with van der Waals surface area (Å²) in [6, 6.07) is 0.134. The lowest BCUT2D eigenvalue weighted by Gasteiger charge is -2.26. The van der Waals surface area contributed by atoms with Gasteiger partial charge in [0.15, 0.2) is 0 Å². The number of fused-ring (bicyclic) bond motifs is 1. The van der Waals surface area contributed by atoms with Gasteiger partial charge >= 0.3 is 0 Å². The van der Waals surface area contributed by atoms with Gasteiger partial charge in [0.2, 0.25) is 10.0 Å². The van der Waals surface area contributed by atoms with Crippen molar-refractivity contribution < 1.29 is 17.9 Å². The minimum atomic E-state index is -3.13. The third kappa shape index (κ3) is 1.29. The first-order valence-electron chi connectivity index (χ1n) is 4.85. The molecule has 1 saturated carbocycles. The zero-order chi connectivity index (χ0) is 9.76. The first-order chi connectivity index (χ1) is 6.68. The Kier molecular flexibility index (Phi) is 1.89. The van der Waals surface area contributed by atoms with Crippen LogP contribution >= 0.6 is 0 Å². The molecule has 6 heteroatoms. The van der Waals surface area contributed by atoms with E-state index in [0.717, 1.165) is 0 Å². The van der Waals surface area contributed by atoms with Crippen molar-refractivity contribution in [2.75, 3.05) is 26.4 Å². The van der Waals surface area contributed by atoms with Crippen LogP contribution in [-0.2, 0) is 19.5 Å². The smallest absolute Gasteiger partial charge is 0.219 e. The van der Waals surface area contributed by atoms with Crippen molar-refractivity contribution in [1.82, 2.24) is 4.72 Å². The second kappa shape index (κ2) is 2.91. The van der Waals surface area contributed by atoms with Crippen LogP contribution in [0.25, 0.3) is 0 Å². The van der Waals surface area contributed by atoms with Crippen LogP contribution in [0.3, 0.4) is 0 Å².